The predicted molar refractivity (Wildman–Crippen MR) is 106 cm³/mol. The number of nitrogens with one attached hydrogen (secondary N) is 1. The molecule has 0 saturated carbocycles. The maximum Gasteiger partial charge on any atom is 0.240 e. The summed E-state index contributed by atoms with van der Waals surface area (Å²) in [5.74, 6) is 0.700. The van der Waals surface area contributed by atoms with Crippen LogP contribution in [0, 0.1) is 12.8 Å². The van der Waals surface area contributed by atoms with E-state index in [4.69, 9.17) is 9.47 Å². The van der Waals surface area contributed by atoms with E-state index in [1.54, 1.807) is 11.0 Å². The number of rotatable bonds is 7. The first-order chi connectivity index (χ1) is 13.3. The van der Waals surface area contributed by atoms with Crippen LogP contribution in [0.1, 0.15) is 12.0 Å². The molecule has 1 atom stereocenters. The van der Waals surface area contributed by atoms with Crippen molar-refractivity contribution in [3.8, 4) is 11.5 Å². The number of methoxy groups -OCH3 is 2. The lowest BCUT2D eigenvalue weighted by molar-refractivity contribution is -0.117. The van der Waals surface area contributed by atoms with Crippen molar-refractivity contribution in [2.75, 3.05) is 32.2 Å². The number of amides is 1. The van der Waals surface area contributed by atoms with Gasteiger partial charge in [0.05, 0.1) is 19.1 Å². The third-order valence-electron chi connectivity index (χ3n) is 4.78. The Morgan fingerprint density at radius 1 is 1.07 bits per heavy atom. The Labute approximate surface area is 165 Å². The molecule has 0 bridgehead atoms. The third kappa shape index (κ3) is 4.28. The summed E-state index contributed by atoms with van der Waals surface area (Å²) in [6.45, 7) is 2.66. The standard InChI is InChI=1S/C20H24N2O5S/c1-14-4-6-16(7-5-14)22-13-15(10-20(22)23)12-21-28(24,25)17-8-9-18(26-2)19(11-17)27-3/h4-9,11,15,21H,10,12-13H2,1-3H3. The molecule has 1 unspecified atom stereocenters. The largest absolute Gasteiger partial charge is 0.493 e. The second-order valence-corrected chi connectivity index (χ2v) is 8.55. The van der Waals surface area contributed by atoms with Crippen LogP contribution in [0.4, 0.5) is 5.69 Å². The Hall–Kier alpha value is -2.58. The second kappa shape index (κ2) is 8.20. The lowest BCUT2D eigenvalue weighted by atomic mass is 10.1. The van der Waals surface area contributed by atoms with Crippen LogP contribution in [-0.4, -0.2) is 41.6 Å². The van der Waals surface area contributed by atoms with Gasteiger partial charge in [-0.25, -0.2) is 13.1 Å². The minimum Gasteiger partial charge on any atom is -0.493 e. The summed E-state index contributed by atoms with van der Waals surface area (Å²) in [4.78, 5) is 14.1. The average molecular weight is 404 g/mol. The Morgan fingerprint density at radius 3 is 2.39 bits per heavy atom. The van der Waals surface area contributed by atoms with Crippen molar-refractivity contribution in [2.24, 2.45) is 5.92 Å². The number of hydrogen-bond donors (Lipinski definition) is 1. The molecule has 7 nitrogen and oxygen atoms in total. The van der Waals surface area contributed by atoms with Gasteiger partial charge in [0.15, 0.2) is 11.5 Å². The van der Waals surface area contributed by atoms with E-state index in [1.807, 2.05) is 31.2 Å². The minimum absolute atomic E-state index is 0.000771. The van der Waals surface area contributed by atoms with Gasteiger partial charge in [-0.1, -0.05) is 17.7 Å². The smallest absolute Gasteiger partial charge is 0.240 e. The van der Waals surface area contributed by atoms with Crippen molar-refractivity contribution in [2.45, 2.75) is 18.2 Å². The summed E-state index contributed by atoms with van der Waals surface area (Å²) in [6.07, 6.45) is 0.308. The number of carbonyl (C=O) groups is 1. The van der Waals surface area contributed by atoms with Crippen LogP contribution < -0.4 is 19.1 Å². The number of nitrogens with zero attached hydrogens (tertiary/aromatic N) is 1. The number of hydrogen-bond acceptors (Lipinski definition) is 5. The monoisotopic (exact) mass is 404 g/mol. The molecule has 1 aliphatic rings. The molecule has 0 aromatic heterocycles. The lowest BCUT2D eigenvalue weighted by Gasteiger charge is -2.17. The fourth-order valence-corrected chi connectivity index (χ4v) is 4.32. The number of sulfonamides is 1. The van der Waals surface area contributed by atoms with E-state index >= 15 is 0 Å². The molecule has 28 heavy (non-hydrogen) atoms. The highest BCUT2D eigenvalue weighted by Crippen LogP contribution is 2.30. The molecule has 1 heterocycles. The number of benzene rings is 2. The molecule has 3 rings (SSSR count). The summed E-state index contributed by atoms with van der Waals surface area (Å²) in [7, 11) is -0.789. The van der Waals surface area contributed by atoms with Crippen LogP contribution in [0.3, 0.4) is 0 Å². The number of carbonyl (C=O) groups excluding carboxylic acids is 1. The first-order valence-electron chi connectivity index (χ1n) is 8.93. The van der Waals surface area contributed by atoms with Gasteiger partial charge in [-0.15, -0.1) is 0 Å². The van der Waals surface area contributed by atoms with E-state index in [2.05, 4.69) is 4.72 Å². The van der Waals surface area contributed by atoms with Crippen molar-refractivity contribution in [3.63, 3.8) is 0 Å². The first-order valence-corrected chi connectivity index (χ1v) is 10.4. The van der Waals surface area contributed by atoms with Crippen LogP contribution in [0.25, 0.3) is 0 Å². The van der Waals surface area contributed by atoms with Crippen LogP contribution in [0.5, 0.6) is 11.5 Å². The van der Waals surface area contributed by atoms with Gasteiger partial charge in [0.1, 0.15) is 0 Å². The zero-order valence-corrected chi connectivity index (χ0v) is 17.0. The van der Waals surface area contributed by atoms with Gasteiger partial charge in [-0.3, -0.25) is 4.79 Å². The van der Waals surface area contributed by atoms with E-state index < -0.39 is 10.0 Å². The SMILES string of the molecule is COc1ccc(S(=O)(=O)NCC2CC(=O)N(c3ccc(C)cc3)C2)cc1OC. The molecule has 1 fully saturated rings. The Kier molecular flexibility index (Phi) is 5.90. The van der Waals surface area contributed by atoms with Crippen LogP contribution in [-0.2, 0) is 14.8 Å². The molecule has 2 aromatic rings. The Morgan fingerprint density at radius 2 is 1.75 bits per heavy atom. The van der Waals surface area contributed by atoms with Crippen LogP contribution >= 0.6 is 0 Å². The van der Waals surface area contributed by atoms with Gasteiger partial charge in [-0.2, -0.15) is 0 Å². The predicted octanol–water partition coefficient (Wildman–Crippen LogP) is 2.34. The van der Waals surface area contributed by atoms with Gasteiger partial charge >= 0.3 is 0 Å². The molecule has 1 N–H and O–H groups in total. The normalized spacial score (nSPS) is 17.0. The van der Waals surface area contributed by atoms with Crippen molar-refractivity contribution in [1.82, 2.24) is 4.72 Å². The molecule has 1 amide bonds. The quantitative estimate of drug-likeness (QED) is 0.766. The van der Waals surface area contributed by atoms with E-state index in [9.17, 15) is 13.2 Å². The summed E-state index contributed by atoms with van der Waals surface area (Å²) < 4.78 is 38.1. The number of aryl methyl sites for hydroxylation is 1. The topological polar surface area (TPSA) is 84.9 Å². The molecular formula is C20H24N2O5S. The highest BCUT2D eigenvalue weighted by Gasteiger charge is 2.31. The van der Waals surface area contributed by atoms with Gasteiger partial charge < -0.3 is 14.4 Å². The maximum atomic E-state index is 12.6. The van der Waals surface area contributed by atoms with E-state index in [0.717, 1.165) is 11.3 Å². The minimum atomic E-state index is -3.73. The Balaban J connectivity index is 1.66. The first kappa shape index (κ1) is 20.2. The van der Waals surface area contributed by atoms with Crippen LogP contribution in [0.15, 0.2) is 47.4 Å². The fourth-order valence-electron chi connectivity index (χ4n) is 3.19. The summed E-state index contributed by atoms with van der Waals surface area (Å²) in [5, 5.41) is 0. The highest BCUT2D eigenvalue weighted by molar-refractivity contribution is 7.89. The summed E-state index contributed by atoms with van der Waals surface area (Å²) in [5.41, 5.74) is 1.95. The van der Waals surface area contributed by atoms with Crippen molar-refractivity contribution in [3.05, 3.63) is 48.0 Å². The molecule has 2 aromatic carbocycles. The van der Waals surface area contributed by atoms with E-state index in [-0.39, 0.29) is 23.3 Å². The molecule has 0 aliphatic carbocycles. The van der Waals surface area contributed by atoms with E-state index in [1.165, 1.54) is 26.4 Å². The maximum absolute atomic E-state index is 12.6. The second-order valence-electron chi connectivity index (χ2n) is 6.78. The zero-order valence-electron chi connectivity index (χ0n) is 16.1. The molecule has 150 valence electrons. The average Bonchev–Trinajstić information content (AvgIpc) is 3.07. The highest BCUT2D eigenvalue weighted by atomic mass is 32.2. The van der Waals surface area contributed by atoms with Gasteiger partial charge in [0.25, 0.3) is 0 Å². The summed E-state index contributed by atoms with van der Waals surface area (Å²) >= 11 is 0. The summed E-state index contributed by atoms with van der Waals surface area (Å²) in [6, 6.07) is 12.1. The van der Waals surface area contributed by atoms with Gasteiger partial charge in [0, 0.05) is 31.3 Å². The molecule has 1 aliphatic heterocycles. The molecular weight excluding hydrogens is 380 g/mol. The number of anilines is 1. The van der Waals surface area contributed by atoms with Crippen molar-refractivity contribution >= 4 is 21.6 Å². The zero-order chi connectivity index (χ0) is 20.3. The fraction of sp³-hybridized carbons (Fsp3) is 0.350. The lowest BCUT2D eigenvalue weighted by Crippen LogP contribution is -2.31. The third-order valence-corrected chi connectivity index (χ3v) is 6.20. The van der Waals surface area contributed by atoms with Gasteiger partial charge in [0.2, 0.25) is 15.9 Å². The molecule has 1 saturated heterocycles. The van der Waals surface area contributed by atoms with Crippen LogP contribution in [0.2, 0.25) is 0 Å². The van der Waals surface area contributed by atoms with E-state index in [0.29, 0.717) is 24.5 Å². The number of ether oxygens (including phenoxy) is 2. The van der Waals surface area contributed by atoms with Gasteiger partial charge in [-0.05, 0) is 37.1 Å². The molecule has 8 heteroatoms. The van der Waals surface area contributed by atoms with Crippen molar-refractivity contribution < 1.29 is 22.7 Å². The molecule has 0 spiro atoms. The van der Waals surface area contributed by atoms with Crippen molar-refractivity contribution in [1.29, 1.82) is 0 Å². The Bertz CT molecular complexity index is 957. The molecule has 0 radical (unpaired) electrons.